The van der Waals surface area contributed by atoms with E-state index in [0.717, 1.165) is 13.1 Å². The molecule has 0 saturated carbocycles. The summed E-state index contributed by atoms with van der Waals surface area (Å²) < 4.78 is 4.63. The summed E-state index contributed by atoms with van der Waals surface area (Å²) in [6.45, 7) is 7.76. The van der Waals surface area contributed by atoms with Crippen LogP contribution < -0.4 is 5.32 Å². The molecule has 0 aromatic heterocycles. The van der Waals surface area contributed by atoms with E-state index in [-0.39, 0.29) is 11.9 Å². The van der Waals surface area contributed by atoms with E-state index in [1.54, 1.807) is 0 Å². The van der Waals surface area contributed by atoms with Crippen LogP contribution in [0, 0.1) is 11.8 Å². The highest BCUT2D eigenvalue weighted by molar-refractivity contribution is 5.73. The lowest BCUT2D eigenvalue weighted by Crippen LogP contribution is -2.22. The van der Waals surface area contributed by atoms with Gasteiger partial charge in [-0.3, -0.25) is 4.79 Å². The van der Waals surface area contributed by atoms with Gasteiger partial charge in [0.1, 0.15) is 0 Å². The van der Waals surface area contributed by atoms with E-state index >= 15 is 0 Å². The van der Waals surface area contributed by atoms with Gasteiger partial charge in [0.05, 0.1) is 13.0 Å². The first-order chi connectivity index (χ1) is 5.75. The summed E-state index contributed by atoms with van der Waals surface area (Å²) in [4.78, 5) is 11.0. The molecule has 0 radical (unpaired) electrons. The second-order valence-electron chi connectivity index (χ2n) is 2.77. The molecular formula is C9H19NO2. The molecule has 0 amide bonds. The number of nitrogens with one attached hydrogen (secondary N) is 1. The monoisotopic (exact) mass is 173 g/mol. The number of carbonyl (C=O) groups is 1. The molecule has 2 unspecified atom stereocenters. The van der Waals surface area contributed by atoms with Crippen molar-refractivity contribution < 1.29 is 9.53 Å². The van der Waals surface area contributed by atoms with Gasteiger partial charge in [0.25, 0.3) is 0 Å². The Morgan fingerprint density at radius 3 is 2.33 bits per heavy atom. The lowest BCUT2D eigenvalue weighted by Gasteiger charge is -2.09. The Morgan fingerprint density at radius 2 is 2.00 bits per heavy atom. The minimum absolute atomic E-state index is 0.0741. The van der Waals surface area contributed by atoms with Crippen molar-refractivity contribution >= 4 is 5.97 Å². The number of ether oxygens (including phenoxy) is 1. The van der Waals surface area contributed by atoms with E-state index < -0.39 is 0 Å². The summed E-state index contributed by atoms with van der Waals surface area (Å²) in [5.74, 6) is 0.412. The van der Waals surface area contributed by atoms with Gasteiger partial charge in [0.15, 0.2) is 0 Å². The Hall–Kier alpha value is -0.570. The average Bonchev–Trinajstić information content (AvgIpc) is 2.54. The van der Waals surface area contributed by atoms with Crippen LogP contribution in [0.15, 0.2) is 0 Å². The molecule has 3 heteroatoms. The van der Waals surface area contributed by atoms with Crippen LogP contribution in [0.4, 0.5) is 0 Å². The maximum Gasteiger partial charge on any atom is 0.310 e. The fraction of sp³-hybridized carbons (Fsp3) is 0.889. The van der Waals surface area contributed by atoms with Crippen molar-refractivity contribution in [1.29, 1.82) is 0 Å². The Morgan fingerprint density at radius 1 is 1.42 bits per heavy atom. The van der Waals surface area contributed by atoms with E-state index in [4.69, 9.17) is 0 Å². The zero-order chi connectivity index (χ0) is 9.56. The number of hydrogen-bond acceptors (Lipinski definition) is 3. The van der Waals surface area contributed by atoms with Crippen molar-refractivity contribution in [3.05, 3.63) is 0 Å². The predicted molar refractivity (Wildman–Crippen MR) is 48.9 cm³/mol. The van der Waals surface area contributed by atoms with Gasteiger partial charge in [0.2, 0.25) is 0 Å². The van der Waals surface area contributed by atoms with Gasteiger partial charge >= 0.3 is 5.97 Å². The maximum absolute atomic E-state index is 11.0. The molecule has 0 aromatic carbocycles. The van der Waals surface area contributed by atoms with Crippen LogP contribution >= 0.6 is 0 Å². The fourth-order valence-corrected chi connectivity index (χ4v) is 1.28. The minimum Gasteiger partial charge on any atom is -0.469 e. The van der Waals surface area contributed by atoms with Gasteiger partial charge in [0, 0.05) is 6.54 Å². The number of rotatable bonds is 1. The molecule has 1 aliphatic rings. The highest BCUT2D eigenvalue weighted by Gasteiger charge is 2.29. The number of esters is 1. The summed E-state index contributed by atoms with van der Waals surface area (Å²) in [6, 6.07) is 0. The second-order valence-corrected chi connectivity index (χ2v) is 2.77. The summed E-state index contributed by atoms with van der Waals surface area (Å²) in [6.07, 6.45) is 0. The van der Waals surface area contributed by atoms with Gasteiger partial charge in [-0.15, -0.1) is 0 Å². The average molecular weight is 173 g/mol. The number of hydrogen-bond donors (Lipinski definition) is 1. The first kappa shape index (κ1) is 11.4. The molecule has 0 bridgehead atoms. The van der Waals surface area contributed by atoms with E-state index in [9.17, 15) is 4.79 Å². The van der Waals surface area contributed by atoms with Crippen LogP contribution in [0.3, 0.4) is 0 Å². The lowest BCUT2D eigenvalue weighted by atomic mass is 9.99. The SMILES string of the molecule is CC.COC(=O)C1CNCC1C. The van der Waals surface area contributed by atoms with Crippen molar-refractivity contribution in [1.82, 2.24) is 5.32 Å². The summed E-state index contributed by atoms with van der Waals surface area (Å²) in [5.41, 5.74) is 0. The summed E-state index contributed by atoms with van der Waals surface area (Å²) in [7, 11) is 1.44. The van der Waals surface area contributed by atoms with Crippen molar-refractivity contribution in [2.24, 2.45) is 11.8 Å². The lowest BCUT2D eigenvalue weighted by molar-refractivity contribution is -0.145. The molecule has 1 rings (SSSR count). The first-order valence-electron chi connectivity index (χ1n) is 4.54. The van der Waals surface area contributed by atoms with E-state index in [0.29, 0.717) is 5.92 Å². The Labute approximate surface area is 74.5 Å². The molecular weight excluding hydrogens is 154 g/mol. The smallest absolute Gasteiger partial charge is 0.310 e. The molecule has 2 atom stereocenters. The highest BCUT2D eigenvalue weighted by Crippen LogP contribution is 2.16. The third kappa shape index (κ3) is 2.81. The van der Waals surface area contributed by atoms with E-state index in [1.165, 1.54) is 7.11 Å². The highest BCUT2D eigenvalue weighted by atomic mass is 16.5. The van der Waals surface area contributed by atoms with Gasteiger partial charge in [-0.1, -0.05) is 20.8 Å². The van der Waals surface area contributed by atoms with Gasteiger partial charge in [-0.25, -0.2) is 0 Å². The van der Waals surface area contributed by atoms with Crippen LogP contribution in [0.2, 0.25) is 0 Å². The molecule has 0 aliphatic carbocycles. The van der Waals surface area contributed by atoms with Crippen LogP contribution in [0.1, 0.15) is 20.8 Å². The zero-order valence-corrected chi connectivity index (χ0v) is 8.39. The topological polar surface area (TPSA) is 38.3 Å². The first-order valence-corrected chi connectivity index (χ1v) is 4.54. The molecule has 1 saturated heterocycles. The molecule has 12 heavy (non-hydrogen) atoms. The van der Waals surface area contributed by atoms with Gasteiger partial charge in [-0.05, 0) is 12.5 Å². The van der Waals surface area contributed by atoms with Gasteiger partial charge in [-0.2, -0.15) is 0 Å². The zero-order valence-electron chi connectivity index (χ0n) is 8.39. The number of methoxy groups -OCH3 is 1. The quantitative estimate of drug-likeness (QED) is 0.602. The van der Waals surface area contributed by atoms with Crippen LogP contribution in [-0.4, -0.2) is 26.2 Å². The third-order valence-electron chi connectivity index (χ3n) is 2.02. The van der Waals surface area contributed by atoms with Gasteiger partial charge < -0.3 is 10.1 Å². The molecule has 1 aliphatic heterocycles. The molecule has 72 valence electrons. The third-order valence-corrected chi connectivity index (χ3v) is 2.02. The van der Waals surface area contributed by atoms with E-state index in [1.807, 2.05) is 13.8 Å². The molecule has 1 N–H and O–H groups in total. The molecule has 3 nitrogen and oxygen atoms in total. The predicted octanol–water partition coefficient (Wildman–Crippen LogP) is 1.04. The molecule has 1 fully saturated rings. The second kappa shape index (κ2) is 6.00. The van der Waals surface area contributed by atoms with Crippen molar-refractivity contribution in [2.75, 3.05) is 20.2 Å². The summed E-state index contributed by atoms with van der Waals surface area (Å²) in [5, 5.41) is 3.14. The fourth-order valence-electron chi connectivity index (χ4n) is 1.28. The Kier molecular flexibility index (Phi) is 5.72. The maximum atomic E-state index is 11.0. The van der Waals surface area contributed by atoms with Crippen LogP contribution in [0.5, 0.6) is 0 Å². The molecule has 0 spiro atoms. The minimum atomic E-state index is -0.0856. The summed E-state index contributed by atoms with van der Waals surface area (Å²) >= 11 is 0. The van der Waals surface area contributed by atoms with Crippen molar-refractivity contribution in [2.45, 2.75) is 20.8 Å². The Balaban J connectivity index is 0.000000561. The standard InChI is InChI=1S/C7H13NO2.C2H6/c1-5-3-8-4-6(5)7(9)10-2;1-2/h5-6,8H,3-4H2,1-2H3;1-2H3. The molecule has 0 aromatic rings. The van der Waals surface area contributed by atoms with Crippen LogP contribution in [-0.2, 0) is 9.53 Å². The number of carbonyl (C=O) groups excluding carboxylic acids is 1. The van der Waals surface area contributed by atoms with Crippen molar-refractivity contribution in [3.63, 3.8) is 0 Å². The van der Waals surface area contributed by atoms with E-state index in [2.05, 4.69) is 17.0 Å². The largest absolute Gasteiger partial charge is 0.469 e. The Bertz CT molecular complexity index is 136. The van der Waals surface area contributed by atoms with Crippen LogP contribution in [0.25, 0.3) is 0 Å². The van der Waals surface area contributed by atoms with Crippen molar-refractivity contribution in [3.8, 4) is 0 Å². The molecule has 1 heterocycles. The normalized spacial score (nSPS) is 27.3.